The van der Waals surface area contributed by atoms with Crippen molar-refractivity contribution in [3.8, 4) is 5.75 Å². The van der Waals surface area contributed by atoms with E-state index in [-0.39, 0.29) is 6.04 Å². The lowest BCUT2D eigenvalue weighted by Gasteiger charge is -2.16. The summed E-state index contributed by atoms with van der Waals surface area (Å²) in [6.07, 6.45) is 1.66. The fourth-order valence-electron chi connectivity index (χ4n) is 1.96. The van der Waals surface area contributed by atoms with Crippen molar-refractivity contribution < 1.29 is 13.5 Å². The molecular weight excluding hydrogens is 262 g/mol. The summed E-state index contributed by atoms with van der Waals surface area (Å²) >= 11 is 0. The maximum atomic E-state index is 13.7. The van der Waals surface area contributed by atoms with E-state index in [2.05, 4.69) is 10.3 Å². The maximum Gasteiger partial charge on any atom is 0.163 e. The Morgan fingerprint density at radius 1 is 1.25 bits per heavy atom. The molecule has 20 heavy (non-hydrogen) atoms. The van der Waals surface area contributed by atoms with Gasteiger partial charge in [0.25, 0.3) is 0 Å². The Hall–Kier alpha value is -2.01. The first-order chi connectivity index (χ1) is 9.63. The Kier molecular flexibility index (Phi) is 4.63. The van der Waals surface area contributed by atoms with Crippen molar-refractivity contribution in [1.29, 1.82) is 0 Å². The van der Waals surface area contributed by atoms with Gasteiger partial charge in [0.2, 0.25) is 0 Å². The molecule has 1 heterocycles. The average molecular weight is 278 g/mol. The first-order valence-electron chi connectivity index (χ1n) is 6.28. The quantitative estimate of drug-likeness (QED) is 0.912. The zero-order chi connectivity index (χ0) is 14.5. The Labute approximate surface area is 116 Å². The molecule has 106 valence electrons. The molecule has 2 rings (SSSR count). The van der Waals surface area contributed by atoms with Crippen LogP contribution in [0.3, 0.4) is 0 Å². The summed E-state index contributed by atoms with van der Waals surface area (Å²) in [5, 5.41) is 3.11. The largest absolute Gasteiger partial charge is 0.495 e. The van der Waals surface area contributed by atoms with Crippen LogP contribution in [-0.4, -0.2) is 12.1 Å². The van der Waals surface area contributed by atoms with Crippen LogP contribution in [0.1, 0.15) is 24.2 Å². The van der Waals surface area contributed by atoms with Gasteiger partial charge in [0.15, 0.2) is 11.6 Å². The van der Waals surface area contributed by atoms with E-state index in [1.165, 1.54) is 6.07 Å². The standard InChI is InChI=1S/C15H16F2N2O/c1-10(11-5-3-6-12(16)15(11)17)19-9-13-14(20-2)7-4-8-18-13/h3-8,10,19H,9H2,1-2H3. The van der Waals surface area contributed by atoms with Crippen LogP contribution in [0.4, 0.5) is 8.78 Å². The van der Waals surface area contributed by atoms with Gasteiger partial charge in [0.1, 0.15) is 5.75 Å². The third-order valence-electron chi connectivity index (χ3n) is 3.09. The zero-order valence-corrected chi connectivity index (χ0v) is 11.4. The molecule has 0 bridgehead atoms. The molecule has 0 aliphatic rings. The van der Waals surface area contributed by atoms with Gasteiger partial charge in [0, 0.05) is 24.3 Å². The second-order valence-corrected chi connectivity index (χ2v) is 4.40. The number of benzene rings is 1. The summed E-state index contributed by atoms with van der Waals surface area (Å²) < 4.78 is 32.0. The van der Waals surface area contributed by atoms with Gasteiger partial charge in [-0.2, -0.15) is 0 Å². The van der Waals surface area contributed by atoms with Crippen LogP contribution in [0, 0.1) is 11.6 Å². The number of nitrogens with zero attached hydrogens (tertiary/aromatic N) is 1. The van der Waals surface area contributed by atoms with Crippen molar-refractivity contribution >= 4 is 0 Å². The minimum atomic E-state index is -0.841. The Morgan fingerprint density at radius 3 is 2.80 bits per heavy atom. The fourth-order valence-corrected chi connectivity index (χ4v) is 1.96. The number of hydrogen-bond acceptors (Lipinski definition) is 3. The number of rotatable bonds is 5. The van der Waals surface area contributed by atoms with E-state index in [4.69, 9.17) is 4.74 Å². The van der Waals surface area contributed by atoms with Gasteiger partial charge >= 0.3 is 0 Å². The maximum absolute atomic E-state index is 13.7. The summed E-state index contributed by atoms with van der Waals surface area (Å²) in [4.78, 5) is 4.20. The number of hydrogen-bond donors (Lipinski definition) is 1. The molecule has 0 radical (unpaired) electrons. The summed E-state index contributed by atoms with van der Waals surface area (Å²) in [6, 6.07) is 7.40. The highest BCUT2D eigenvalue weighted by Gasteiger charge is 2.14. The molecule has 2 aromatic rings. The van der Waals surface area contributed by atoms with Crippen LogP contribution in [0.5, 0.6) is 5.75 Å². The van der Waals surface area contributed by atoms with Crippen LogP contribution >= 0.6 is 0 Å². The monoisotopic (exact) mass is 278 g/mol. The molecule has 0 aliphatic carbocycles. The van der Waals surface area contributed by atoms with Gasteiger partial charge in [-0.25, -0.2) is 8.78 Å². The number of ether oxygens (including phenoxy) is 1. The van der Waals surface area contributed by atoms with Crippen LogP contribution in [-0.2, 0) is 6.54 Å². The number of aromatic nitrogens is 1. The second kappa shape index (κ2) is 6.43. The van der Waals surface area contributed by atoms with Crippen LogP contribution < -0.4 is 10.1 Å². The molecule has 0 amide bonds. The van der Waals surface area contributed by atoms with Gasteiger partial charge in [-0.15, -0.1) is 0 Å². The van der Waals surface area contributed by atoms with E-state index in [1.54, 1.807) is 38.4 Å². The summed E-state index contributed by atoms with van der Waals surface area (Å²) in [5.74, 6) is -1.00. The fraction of sp³-hybridized carbons (Fsp3) is 0.267. The first-order valence-corrected chi connectivity index (χ1v) is 6.28. The molecule has 1 atom stereocenters. The van der Waals surface area contributed by atoms with Crippen molar-refractivity contribution in [3.05, 3.63) is 59.4 Å². The molecule has 0 saturated heterocycles. The lowest BCUT2D eigenvalue weighted by Crippen LogP contribution is -2.20. The molecule has 0 spiro atoms. The molecule has 0 aliphatic heterocycles. The van der Waals surface area contributed by atoms with Gasteiger partial charge in [-0.1, -0.05) is 12.1 Å². The average Bonchev–Trinajstić information content (AvgIpc) is 2.48. The van der Waals surface area contributed by atoms with Gasteiger partial charge in [-0.3, -0.25) is 4.98 Å². The van der Waals surface area contributed by atoms with E-state index in [1.807, 2.05) is 0 Å². The summed E-state index contributed by atoms with van der Waals surface area (Å²) in [7, 11) is 1.57. The minimum absolute atomic E-state index is 0.292. The van der Waals surface area contributed by atoms with E-state index in [0.717, 1.165) is 11.8 Å². The Morgan fingerprint density at radius 2 is 2.05 bits per heavy atom. The second-order valence-electron chi connectivity index (χ2n) is 4.40. The number of halogens is 2. The molecule has 1 aromatic heterocycles. The van der Waals surface area contributed by atoms with E-state index >= 15 is 0 Å². The van der Waals surface area contributed by atoms with Crippen molar-refractivity contribution in [3.63, 3.8) is 0 Å². The highest BCUT2D eigenvalue weighted by atomic mass is 19.2. The van der Waals surface area contributed by atoms with E-state index < -0.39 is 11.6 Å². The molecule has 1 unspecified atom stereocenters. The normalized spacial score (nSPS) is 12.2. The Balaban J connectivity index is 2.09. The van der Waals surface area contributed by atoms with Crippen LogP contribution in [0.25, 0.3) is 0 Å². The zero-order valence-electron chi connectivity index (χ0n) is 11.4. The predicted octanol–water partition coefficient (Wildman–Crippen LogP) is 3.22. The van der Waals surface area contributed by atoms with E-state index in [9.17, 15) is 8.78 Å². The highest BCUT2D eigenvalue weighted by Crippen LogP contribution is 2.20. The molecule has 0 fully saturated rings. The lowest BCUT2D eigenvalue weighted by molar-refractivity contribution is 0.401. The SMILES string of the molecule is COc1cccnc1CNC(C)c1cccc(F)c1F. The van der Waals surface area contributed by atoms with Crippen molar-refractivity contribution in [2.24, 2.45) is 0 Å². The predicted molar refractivity (Wildman–Crippen MR) is 72.4 cm³/mol. The van der Waals surface area contributed by atoms with Crippen molar-refractivity contribution in [2.75, 3.05) is 7.11 Å². The topological polar surface area (TPSA) is 34.1 Å². The highest BCUT2D eigenvalue weighted by molar-refractivity contribution is 5.27. The third-order valence-corrected chi connectivity index (χ3v) is 3.09. The van der Waals surface area contributed by atoms with Crippen LogP contribution in [0.2, 0.25) is 0 Å². The molecule has 1 N–H and O–H groups in total. The molecule has 3 nitrogen and oxygen atoms in total. The van der Waals surface area contributed by atoms with Gasteiger partial charge < -0.3 is 10.1 Å². The van der Waals surface area contributed by atoms with Gasteiger partial charge in [0.05, 0.1) is 12.8 Å². The van der Waals surface area contributed by atoms with Crippen molar-refractivity contribution in [2.45, 2.75) is 19.5 Å². The van der Waals surface area contributed by atoms with Crippen molar-refractivity contribution in [1.82, 2.24) is 10.3 Å². The lowest BCUT2D eigenvalue weighted by atomic mass is 10.1. The van der Waals surface area contributed by atoms with E-state index in [0.29, 0.717) is 17.9 Å². The third kappa shape index (κ3) is 3.11. The summed E-state index contributed by atoms with van der Waals surface area (Å²) in [6.45, 7) is 2.18. The molecular formula is C15H16F2N2O. The van der Waals surface area contributed by atoms with Gasteiger partial charge in [-0.05, 0) is 25.1 Å². The van der Waals surface area contributed by atoms with Crippen LogP contribution in [0.15, 0.2) is 36.5 Å². The minimum Gasteiger partial charge on any atom is -0.495 e. The Bertz CT molecular complexity index is 590. The summed E-state index contributed by atoms with van der Waals surface area (Å²) in [5.41, 5.74) is 1.01. The molecule has 0 saturated carbocycles. The molecule has 1 aromatic carbocycles. The first kappa shape index (κ1) is 14.4. The number of pyridine rings is 1. The smallest absolute Gasteiger partial charge is 0.163 e. The number of nitrogens with one attached hydrogen (secondary N) is 1. The molecule has 5 heteroatoms. The number of methoxy groups -OCH3 is 1.